The standard InChI is InChI=1S/C26H35ClN2O3/c1-18(2)15-28-25(31)19(3)29(16-20-7-11-22(27)12-8-20)24(30)17-32-23-13-9-21(10-14-23)26(4,5)6/h7-14,18-19H,15-17H2,1-6H3,(H,28,31). The summed E-state index contributed by atoms with van der Waals surface area (Å²) in [7, 11) is 0. The van der Waals surface area contributed by atoms with Crippen molar-refractivity contribution in [1.29, 1.82) is 0 Å². The van der Waals surface area contributed by atoms with Crippen LogP contribution >= 0.6 is 11.6 Å². The highest BCUT2D eigenvalue weighted by molar-refractivity contribution is 6.30. The fourth-order valence-corrected chi connectivity index (χ4v) is 3.23. The zero-order valence-electron chi connectivity index (χ0n) is 19.9. The maximum absolute atomic E-state index is 13.1. The summed E-state index contributed by atoms with van der Waals surface area (Å²) in [4.78, 5) is 27.3. The molecule has 1 atom stereocenters. The van der Waals surface area contributed by atoms with Crippen molar-refractivity contribution in [3.8, 4) is 5.75 Å². The Hall–Kier alpha value is -2.53. The summed E-state index contributed by atoms with van der Waals surface area (Å²) in [6.45, 7) is 12.9. The molecule has 2 rings (SSSR count). The van der Waals surface area contributed by atoms with E-state index < -0.39 is 6.04 Å². The lowest BCUT2D eigenvalue weighted by molar-refractivity contribution is -0.142. The van der Waals surface area contributed by atoms with Crippen LogP contribution in [0.25, 0.3) is 0 Å². The summed E-state index contributed by atoms with van der Waals surface area (Å²) < 4.78 is 5.76. The predicted octanol–water partition coefficient (Wildman–Crippen LogP) is 5.21. The number of hydrogen-bond acceptors (Lipinski definition) is 3. The Balaban J connectivity index is 2.11. The van der Waals surface area contributed by atoms with Gasteiger partial charge >= 0.3 is 0 Å². The van der Waals surface area contributed by atoms with Crippen LogP contribution in [0.5, 0.6) is 5.75 Å². The largest absolute Gasteiger partial charge is 0.484 e. The van der Waals surface area contributed by atoms with Gasteiger partial charge in [-0.2, -0.15) is 0 Å². The molecule has 0 aromatic heterocycles. The van der Waals surface area contributed by atoms with Gasteiger partial charge in [0.05, 0.1) is 0 Å². The monoisotopic (exact) mass is 458 g/mol. The van der Waals surface area contributed by atoms with Crippen molar-refractivity contribution in [3.63, 3.8) is 0 Å². The third kappa shape index (κ3) is 7.86. The molecule has 1 unspecified atom stereocenters. The van der Waals surface area contributed by atoms with Crippen molar-refractivity contribution in [2.75, 3.05) is 13.2 Å². The second-order valence-electron chi connectivity index (χ2n) is 9.53. The molecule has 2 aromatic carbocycles. The maximum atomic E-state index is 13.1. The SMILES string of the molecule is CC(C)CNC(=O)C(C)N(Cc1ccc(Cl)cc1)C(=O)COc1ccc(C(C)(C)C)cc1. The lowest BCUT2D eigenvalue weighted by Gasteiger charge is -2.29. The van der Waals surface area contributed by atoms with E-state index in [2.05, 4.69) is 26.1 Å². The zero-order chi connectivity index (χ0) is 23.9. The van der Waals surface area contributed by atoms with Crippen LogP contribution in [0.15, 0.2) is 48.5 Å². The Morgan fingerprint density at radius 1 is 1.00 bits per heavy atom. The van der Waals surface area contributed by atoms with Crippen LogP contribution in [0, 0.1) is 5.92 Å². The van der Waals surface area contributed by atoms with Gasteiger partial charge in [0.1, 0.15) is 11.8 Å². The van der Waals surface area contributed by atoms with E-state index in [0.717, 1.165) is 5.56 Å². The summed E-state index contributed by atoms with van der Waals surface area (Å²) in [5.41, 5.74) is 2.12. The molecule has 0 saturated heterocycles. The van der Waals surface area contributed by atoms with Gasteiger partial charge in [0, 0.05) is 18.1 Å². The average Bonchev–Trinajstić information content (AvgIpc) is 2.74. The molecular formula is C26H35ClN2O3. The van der Waals surface area contributed by atoms with Crippen molar-refractivity contribution >= 4 is 23.4 Å². The molecule has 174 valence electrons. The third-order valence-corrected chi connectivity index (χ3v) is 5.45. The van der Waals surface area contributed by atoms with Crippen LogP contribution in [0.1, 0.15) is 52.7 Å². The number of carbonyl (C=O) groups excluding carboxylic acids is 2. The Morgan fingerprint density at radius 3 is 2.12 bits per heavy atom. The molecule has 2 amide bonds. The van der Waals surface area contributed by atoms with Crippen molar-refractivity contribution in [1.82, 2.24) is 10.2 Å². The van der Waals surface area contributed by atoms with E-state index in [1.54, 1.807) is 24.0 Å². The first-order valence-electron chi connectivity index (χ1n) is 11.0. The normalized spacial score (nSPS) is 12.4. The van der Waals surface area contributed by atoms with Gasteiger partial charge in [-0.1, -0.05) is 70.5 Å². The van der Waals surface area contributed by atoms with Crippen LogP contribution in [0.2, 0.25) is 5.02 Å². The Morgan fingerprint density at radius 2 is 1.59 bits per heavy atom. The number of nitrogens with zero attached hydrogens (tertiary/aromatic N) is 1. The van der Waals surface area contributed by atoms with Crippen molar-refractivity contribution < 1.29 is 14.3 Å². The molecule has 5 nitrogen and oxygen atoms in total. The van der Waals surface area contributed by atoms with E-state index in [4.69, 9.17) is 16.3 Å². The highest BCUT2D eigenvalue weighted by atomic mass is 35.5. The number of ether oxygens (including phenoxy) is 1. The predicted molar refractivity (Wildman–Crippen MR) is 130 cm³/mol. The number of halogens is 1. The van der Waals surface area contributed by atoms with Gasteiger partial charge in [-0.25, -0.2) is 0 Å². The molecular weight excluding hydrogens is 424 g/mol. The van der Waals surface area contributed by atoms with Gasteiger partial charge in [-0.15, -0.1) is 0 Å². The second kappa shape index (κ2) is 11.4. The summed E-state index contributed by atoms with van der Waals surface area (Å²) in [5, 5.41) is 3.53. The van der Waals surface area contributed by atoms with Gasteiger partial charge in [-0.3, -0.25) is 9.59 Å². The first-order chi connectivity index (χ1) is 15.0. The van der Waals surface area contributed by atoms with Crippen LogP contribution in [-0.4, -0.2) is 35.9 Å². The summed E-state index contributed by atoms with van der Waals surface area (Å²) in [6, 6.07) is 14.4. The number of amides is 2. The van der Waals surface area contributed by atoms with E-state index in [0.29, 0.717) is 29.8 Å². The molecule has 0 saturated carbocycles. The van der Waals surface area contributed by atoms with Gasteiger partial charge < -0.3 is 15.0 Å². The summed E-state index contributed by atoms with van der Waals surface area (Å²) >= 11 is 5.99. The molecule has 0 aliphatic carbocycles. The fraction of sp³-hybridized carbons (Fsp3) is 0.462. The highest BCUT2D eigenvalue weighted by Crippen LogP contribution is 2.24. The summed E-state index contributed by atoms with van der Waals surface area (Å²) in [5.74, 6) is 0.503. The molecule has 0 aliphatic heterocycles. The molecule has 0 radical (unpaired) electrons. The van der Waals surface area contributed by atoms with Crippen LogP contribution < -0.4 is 10.1 Å². The van der Waals surface area contributed by atoms with E-state index in [1.165, 1.54) is 5.56 Å². The quantitative estimate of drug-likeness (QED) is 0.561. The molecule has 2 aromatic rings. The van der Waals surface area contributed by atoms with Gasteiger partial charge in [-0.05, 0) is 53.6 Å². The van der Waals surface area contributed by atoms with Crippen LogP contribution in [0.4, 0.5) is 0 Å². The van der Waals surface area contributed by atoms with Crippen molar-refractivity contribution in [2.45, 2.75) is 59.5 Å². The van der Waals surface area contributed by atoms with Crippen molar-refractivity contribution in [2.24, 2.45) is 5.92 Å². The summed E-state index contributed by atoms with van der Waals surface area (Å²) in [6.07, 6.45) is 0. The Kier molecular flexibility index (Phi) is 9.14. The Bertz CT molecular complexity index is 887. The zero-order valence-corrected chi connectivity index (χ0v) is 20.7. The topological polar surface area (TPSA) is 58.6 Å². The molecule has 6 heteroatoms. The fourth-order valence-electron chi connectivity index (χ4n) is 3.10. The molecule has 0 bridgehead atoms. The first-order valence-corrected chi connectivity index (χ1v) is 11.4. The highest BCUT2D eigenvalue weighted by Gasteiger charge is 2.26. The first kappa shape index (κ1) is 25.7. The van der Waals surface area contributed by atoms with E-state index >= 15 is 0 Å². The number of carbonyl (C=O) groups is 2. The lowest BCUT2D eigenvalue weighted by atomic mass is 9.87. The molecule has 0 heterocycles. The number of nitrogens with one attached hydrogen (secondary N) is 1. The molecule has 0 spiro atoms. The number of rotatable bonds is 9. The number of hydrogen-bond donors (Lipinski definition) is 1. The minimum absolute atomic E-state index is 0.0442. The third-order valence-electron chi connectivity index (χ3n) is 5.20. The minimum atomic E-state index is -0.635. The van der Waals surface area contributed by atoms with E-state index in [-0.39, 0.29) is 23.8 Å². The van der Waals surface area contributed by atoms with Gasteiger partial charge in [0.15, 0.2) is 6.61 Å². The van der Waals surface area contributed by atoms with Gasteiger partial charge in [0.2, 0.25) is 5.91 Å². The molecule has 0 fully saturated rings. The Labute approximate surface area is 197 Å². The van der Waals surface area contributed by atoms with Crippen molar-refractivity contribution in [3.05, 3.63) is 64.7 Å². The van der Waals surface area contributed by atoms with Crippen LogP contribution in [0.3, 0.4) is 0 Å². The minimum Gasteiger partial charge on any atom is -0.484 e. The molecule has 0 aliphatic rings. The maximum Gasteiger partial charge on any atom is 0.261 e. The van der Waals surface area contributed by atoms with E-state index in [1.807, 2.05) is 50.2 Å². The lowest BCUT2D eigenvalue weighted by Crippen LogP contribution is -2.49. The second-order valence-corrected chi connectivity index (χ2v) is 9.96. The van der Waals surface area contributed by atoms with Crippen LogP contribution in [-0.2, 0) is 21.5 Å². The molecule has 32 heavy (non-hydrogen) atoms. The average molecular weight is 459 g/mol. The number of benzene rings is 2. The molecule has 1 N–H and O–H groups in total. The smallest absolute Gasteiger partial charge is 0.261 e. The van der Waals surface area contributed by atoms with Gasteiger partial charge in [0.25, 0.3) is 5.91 Å². The van der Waals surface area contributed by atoms with E-state index in [9.17, 15) is 9.59 Å².